The first-order chi connectivity index (χ1) is 9.80. The molecule has 0 amide bonds. The topological polar surface area (TPSA) is 63.4 Å². The molecule has 0 aliphatic heterocycles. The van der Waals surface area contributed by atoms with Crippen LogP contribution in [0.5, 0.6) is 0 Å². The van der Waals surface area contributed by atoms with Crippen molar-refractivity contribution in [2.75, 3.05) is 19.8 Å². The maximum atomic E-state index is 12.2. The molecule has 0 saturated heterocycles. The van der Waals surface area contributed by atoms with Crippen molar-refractivity contribution in [3.63, 3.8) is 0 Å². The van der Waals surface area contributed by atoms with Crippen LogP contribution in [0.1, 0.15) is 0 Å². The summed E-state index contributed by atoms with van der Waals surface area (Å²) in [5, 5.41) is 0. The van der Waals surface area contributed by atoms with Crippen LogP contribution in [0.15, 0.2) is 61.6 Å². The first-order valence-electron chi connectivity index (χ1n) is 6.06. The predicted octanol–water partition coefficient (Wildman–Crippen LogP) is 3.43. The van der Waals surface area contributed by atoms with Gasteiger partial charge in [0, 0.05) is 34.0 Å². The summed E-state index contributed by atoms with van der Waals surface area (Å²) in [6.45, 7) is 0. The monoisotopic (exact) mass is 386 g/mol. The van der Waals surface area contributed by atoms with Gasteiger partial charge in [-0.05, 0) is 42.5 Å². The van der Waals surface area contributed by atoms with E-state index in [0.29, 0.717) is 5.69 Å². The van der Waals surface area contributed by atoms with Crippen LogP contribution in [0, 0.1) is 0 Å². The molecule has 21 heavy (non-hydrogen) atoms. The molecule has 2 rings (SSSR count). The van der Waals surface area contributed by atoms with Gasteiger partial charge in [0.2, 0.25) is 10.0 Å². The molecule has 0 atom stereocenters. The van der Waals surface area contributed by atoms with E-state index in [0.717, 1.165) is 14.3 Å². The van der Waals surface area contributed by atoms with Gasteiger partial charge in [0.05, 0.1) is 4.90 Å². The molecule has 2 N–H and O–H groups in total. The summed E-state index contributed by atoms with van der Waals surface area (Å²) in [5.41, 5.74) is 6.50. The standard InChI is InChI=1S/C14H15BrN2O2S2/c1-17(2)21(18,19)12-7-8-13(16)14(9-12)20-11-5-3-10(15)4-6-11/h3-9H,16H2,1-2H3. The number of hydrogen-bond acceptors (Lipinski definition) is 4. The van der Waals surface area contributed by atoms with E-state index in [1.165, 1.54) is 36.2 Å². The molecule has 0 unspecified atom stereocenters. The van der Waals surface area contributed by atoms with Crippen LogP contribution in [0.3, 0.4) is 0 Å². The average Bonchev–Trinajstić information content (AvgIpc) is 2.43. The van der Waals surface area contributed by atoms with Crippen LogP contribution in [-0.2, 0) is 10.0 Å². The Hall–Kier alpha value is -1.02. The number of halogens is 1. The molecule has 2 aromatic rings. The molecule has 4 nitrogen and oxygen atoms in total. The normalized spacial score (nSPS) is 11.8. The SMILES string of the molecule is CN(C)S(=O)(=O)c1ccc(N)c(Sc2ccc(Br)cc2)c1. The third kappa shape index (κ3) is 3.79. The number of hydrogen-bond donors (Lipinski definition) is 1. The summed E-state index contributed by atoms with van der Waals surface area (Å²) in [6.07, 6.45) is 0. The number of rotatable bonds is 4. The van der Waals surface area contributed by atoms with Crippen LogP contribution in [0.2, 0.25) is 0 Å². The van der Waals surface area contributed by atoms with Crippen molar-refractivity contribution < 1.29 is 8.42 Å². The first kappa shape index (κ1) is 16.4. The zero-order valence-electron chi connectivity index (χ0n) is 11.6. The molecule has 0 bridgehead atoms. The smallest absolute Gasteiger partial charge is 0.242 e. The number of sulfonamides is 1. The van der Waals surface area contributed by atoms with E-state index >= 15 is 0 Å². The highest BCUT2D eigenvalue weighted by Gasteiger charge is 2.18. The second kappa shape index (κ2) is 6.39. The van der Waals surface area contributed by atoms with Gasteiger partial charge in [-0.25, -0.2) is 12.7 Å². The maximum absolute atomic E-state index is 12.2. The van der Waals surface area contributed by atoms with Gasteiger partial charge in [0.1, 0.15) is 0 Å². The molecule has 7 heteroatoms. The summed E-state index contributed by atoms with van der Waals surface area (Å²) in [7, 11) is -0.444. The van der Waals surface area contributed by atoms with Crippen LogP contribution in [0.4, 0.5) is 5.69 Å². The van der Waals surface area contributed by atoms with Gasteiger partial charge in [-0.2, -0.15) is 0 Å². The largest absolute Gasteiger partial charge is 0.398 e. The van der Waals surface area contributed by atoms with E-state index in [4.69, 9.17) is 5.73 Å². The number of nitrogens with zero attached hydrogens (tertiary/aromatic N) is 1. The van der Waals surface area contributed by atoms with Crippen molar-refractivity contribution in [3.05, 3.63) is 46.9 Å². The molecule has 0 radical (unpaired) electrons. The summed E-state index contributed by atoms with van der Waals surface area (Å²) in [5.74, 6) is 0. The van der Waals surface area contributed by atoms with Crippen LogP contribution in [-0.4, -0.2) is 26.8 Å². The quantitative estimate of drug-likeness (QED) is 0.817. The van der Waals surface area contributed by atoms with Crippen LogP contribution in [0.25, 0.3) is 0 Å². The third-order valence-electron chi connectivity index (χ3n) is 2.81. The number of nitrogens with two attached hydrogens (primary N) is 1. The van der Waals surface area contributed by atoms with Crippen molar-refractivity contribution in [1.82, 2.24) is 4.31 Å². The van der Waals surface area contributed by atoms with E-state index in [1.54, 1.807) is 12.1 Å². The molecule has 0 heterocycles. The van der Waals surface area contributed by atoms with Gasteiger partial charge in [-0.1, -0.05) is 27.7 Å². The fourth-order valence-electron chi connectivity index (χ4n) is 1.60. The molecular formula is C14H15BrN2O2S2. The molecule has 112 valence electrons. The highest BCUT2D eigenvalue weighted by Crippen LogP contribution is 2.34. The van der Waals surface area contributed by atoms with E-state index in [9.17, 15) is 8.42 Å². The minimum Gasteiger partial charge on any atom is -0.398 e. The van der Waals surface area contributed by atoms with Gasteiger partial charge in [0.25, 0.3) is 0 Å². The molecule has 0 aliphatic rings. The van der Waals surface area contributed by atoms with Gasteiger partial charge < -0.3 is 5.73 Å². The highest BCUT2D eigenvalue weighted by atomic mass is 79.9. The molecule has 0 fully saturated rings. The van der Waals surface area contributed by atoms with Gasteiger partial charge >= 0.3 is 0 Å². The Balaban J connectivity index is 2.38. The zero-order chi connectivity index (χ0) is 15.6. The Morgan fingerprint density at radius 1 is 1.10 bits per heavy atom. The number of benzene rings is 2. The lowest BCUT2D eigenvalue weighted by Crippen LogP contribution is -2.22. The molecule has 2 aromatic carbocycles. The van der Waals surface area contributed by atoms with Crippen molar-refractivity contribution in [1.29, 1.82) is 0 Å². The van der Waals surface area contributed by atoms with Crippen molar-refractivity contribution >= 4 is 43.4 Å². The predicted molar refractivity (Wildman–Crippen MR) is 90.0 cm³/mol. The summed E-state index contributed by atoms with van der Waals surface area (Å²) in [4.78, 5) is 1.95. The molecule has 0 aromatic heterocycles. The van der Waals surface area contributed by atoms with Crippen molar-refractivity contribution in [2.45, 2.75) is 14.7 Å². The second-order valence-electron chi connectivity index (χ2n) is 4.54. The van der Waals surface area contributed by atoms with E-state index in [2.05, 4.69) is 15.9 Å². The third-order valence-corrected chi connectivity index (χ3v) is 6.23. The molecule has 0 spiro atoms. The van der Waals surface area contributed by atoms with E-state index in [-0.39, 0.29) is 4.90 Å². The lowest BCUT2D eigenvalue weighted by Gasteiger charge is -2.13. The lowest BCUT2D eigenvalue weighted by molar-refractivity contribution is 0.520. The fourth-order valence-corrected chi connectivity index (χ4v) is 3.77. The highest BCUT2D eigenvalue weighted by molar-refractivity contribution is 9.10. The van der Waals surface area contributed by atoms with E-state index < -0.39 is 10.0 Å². The van der Waals surface area contributed by atoms with Gasteiger partial charge in [-0.15, -0.1) is 0 Å². The zero-order valence-corrected chi connectivity index (χ0v) is 14.8. The summed E-state index contributed by atoms with van der Waals surface area (Å²) >= 11 is 4.82. The lowest BCUT2D eigenvalue weighted by atomic mass is 10.3. The molecule has 0 saturated carbocycles. The van der Waals surface area contributed by atoms with Crippen LogP contribution < -0.4 is 5.73 Å². The van der Waals surface area contributed by atoms with E-state index in [1.807, 2.05) is 24.3 Å². The minimum atomic E-state index is -3.46. The first-order valence-corrected chi connectivity index (χ1v) is 9.11. The summed E-state index contributed by atoms with van der Waals surface area (Å²) in [6, 6.07) is 12.5. The number of anilines is 1. The Morgan fingerprint density at radius 2 is 1.71 bits per heavy atom. The van der Waals surface area contributed by atoms with Crippen LogP contribution >= 0.6 is 27.7 Å². The average molecular weight is 387 g/mol. The fraction of sp³-hybridized carbons (Fsp3) is 0.143. The van der Waals surface area contributed by atoms with Crippen molar-refractivity contribution in [2.24, 2.45) is 0 Å². The van der Waals surface area contributed by atoms with Crippen molar-refractivity contribution in [3.8, 4) is 0 Å². The summed E-state index contributed by atoms with van der Waals surface area (Å²) < 4.78 is 26.5. The Bertz CT molecular complexity index is 744. The maximum Gasteiger partial charge on any atom is 0.242 e. The second-order valence-corrected chi connectivity index (χ2v) is 8.73. The van der Waals surface area contributed by atoms with Gasteiger partial charge in [-0.3, -0.25) is 0 Å². The minimum absolute atomic E-state index is 0.237. The van der Waals surface area contributed by atoms with Gasteiger partial charge in [0.15, 0.2) is 0 Å². The number of nitrogen functional groups attached to an aromatic ring is 1. The molecular weight excluding hydrogens is 372 g/mol. The Labute approximate surface area is 137 Å². The Morgan fingerprint density at radius 3 is 2.29 bits per heavy atom. The Kier molecular flexibility index (Phi) is 4.98. The molecule has 0 aliphatic carbocycles.